The summed E-state index contributed by atoms with van der Waals surface area (Å²) in [6, 6.07) is 16.6. The lowest BCUT2D eigenvalue weighted by atomic mass is 9.91. The van der Waals surface area contributed by atoms with Crippen LogP contribution < -0.4 is 19.5 Å². The van der Waals surface area contributed by atoms with Gasteiger partial charge >= 0.3 is 11.9 Å². The molecule has 0 bridgehead atoms. The molecule has 0 saturated carbocycles. The van der Waals surface area contributed by atoms with E-state index in [9.17, 15) is 14.8 Å². The Kier molecular flexibility index (Phi) is 11.5. The average Bonchev–Trinajstić information content (AvgIpc) is 3.70. The molecule has 2 atom stereocenters. The first-order valence-corrected chi connectivity index (χ1v) is 16.9. The van der Waals surface area contributed by atoms with Crippen LogP contribution in [0.2, 0.25) is 10.0 Å². The van der Waals surface area contributed by atoms with E-state index in [1.807, 2.05) is 49.3 Å². The SMILES string of the molecule is COc1ccc(C(Cc2c(Cl)c[n+]([O-])cc2Cl)OC(=O)c2ccc(CNC3(C(=O)OCCN(C)C)CCc4ccccc43)s2)cc1OC. The number of likely N-dealkylation sites (N-methyl/N-ethyl adjacent to an activating group) is 1. The maximum atomic E-state index is 13.6. The number of benzene rings is 2. The molecule has 0 radical (unpaired) electrons. The molecule has 0 fully saturated rings. The number of pyridine rings is 1. The number of thiophene rings is 1. The minimum Gasteiger partial charge on any atom is -0.619 e. The highest BCUT2D eigenvalue weighted by molar-refractivity contribution is 7.13. The van der Waals surface area contributed by atoms with E-state index in [2.05, 4.69) is 5.32 Å². The van der Waals surface area contributed by atoms with Gasteiger partial charge in [0.25, 0.3) is 0 Å². The highest BCUT2D eigenvalue weighted by Crippen LogP contribution is 2.39. The first kappa shape index (κ1) is 35.4. The van der Waals surface area contributed by atoms with E-state index in [0.717, 1.165) is 22.4 Å². The van der Waals surface area contributed by atoms with Crippen molar-refractivity contribution < 1.29 is 33.3 Å². The number of carbonyl (C=O) groups is 2. The number of methoxy groups -OCH3 is 2. The smallest absolute Gasteiger partial charge is 0.348 e. The number of halogens is 2. The Morgan fingerprint density at radius 1 is 1.04 bits per heavy atom. The molecule has 2 aromatic heterocycles. The summed E-state index contributed by atoms with van der Waals surface area (Å²) < 4.78 is 23.2. The lowest BCUT2D eigenvalue weighted by Gasteiger charge is -2.29. The van der Waals surface area contributed by atoms with Crippen molar-refractivity contribution in [1.82, 2.24) is 10.2 Å². The molecule has 254 valence electrons. The Morgan fingerprint density at radius 2 is 1.77 bits per heavy atom. The molecule has 2 aromatic carbocycles. The highest BCUT2D eigenvalue weighted by atomic mass is 35.5. The van der Waals surface area contributed by atoms with Crippen molar-refractivity contribution in [3.63, 3.8) is 0 Å². The number of esters is 2. The second kappa shape index (κ2) is 15.6. The van der Waals surface area contributed by atoms with E-state index in [1.165, 1.54) is 38.0 Å². The second-order valence-corrected chi connectivity index (χ2v) is 13.6. The van der Waals surface area contributed by atoms with Crippen LogP contribution in [-0.2, 0) is 39.2 Å². The Bertz CT molecular complexity index is 1760. The van der Waals surface area contributed by atoms with Gasteiger partial charge in [-0.2, -0.15) is 4.73 Å². The van der Waals surface area contributed by atoms with Crippen molar-refractivity contribution in [2.75, 3.05) is 41.5 Å². The maximum Gasteiger partial charge on any atom is 0.348 e. The monoisotopic (exact) mass is 713 g/mol. The normalized spacial score (nSPS) is 16.0. The summed E-state index contributed by atoms with van der Waals surface area (Å²) in [5.74, 6) is 0.0843. The number of fused-ring (bicyclic) bond motifs is 1. The van der Waals surface area contributed by atoms with E-state index < -0.39 is 17.6 Å². The fourth-order valence-electron chi connectivity index (χ4n) is 5.72. The van der Waals surface area contributed by atoms with Gasteiger partial charge in [0.05, 0.1) is 14.2 Å². The first-order valence-electron chi connectivity index (χ1n) is 15.3. The van der Waals surface area contributed by atoms with E-state index >= 15 is 0 Å². The molecule has 13 heteroatoms. The fraction of sp³-hybridized carbons (Fsp3) is 0.343. The van der Waals surface area contributed by atoms with Crippen LogP contribution in [0.5, 0.6) is 11.5 Å². The zero-order chi connectivity index (χ0) is 34.4. The molecular weight excluding hydrogens is 677 g/mol. The summed E-state index contributed by atoms with van der Waals surface area (Å²) in [5.41, 5.74) is 2.08. The van der Waals surface area contributed by atoms with Crippen LogP contribution in [0.1, 0.15) is 49.3 Å². The van der Waals surface area contributed by atoms with Crippen molar-refractivity contribution in [3.8, 4) is 11.5 Å². The Labute approximate surface area is 293 Å². The van der Waals surface area contributed by atoms with Crippen LogP contribution in [-0.4, -0.2) is 58.3 Å². The van der Waals surface area contributed by atoms with Gasteiger partial charge in [-0.15, -0.1) is 11.3 Å². The summed E-state index contributed by atoms with van der Waals surface area (Å²) in [6.45, 7) is 1.23. The number of aryl methyl sites for hydroxylation is 1. The van der Waals surface area contributed by atoms with Gasteiger partial charge in [-0.3, -0.25) is 5.32 Å². The molecule has 2 heterocycles. The van der Waals surface area contributed by atoms with Gasteiger partial charge in [-0.25, -0.2) is 9.59 Å². The van der Waals surface area contributed by atoms with E-state index in [-0.39, 0.29) is 29.0 Å². The van der Waals surface area contributed by atoms with Crippen LogP contribution in [0, 0.1) is 5.21 Å². The van der Waals surface area contributed by atoms with Crippen molar-refractivity contribution in [2.45, 2.75) is 37.5 Å². The average molecular weight is 715 g/mol. The molecule has 48 heavy (non-hydrogen) atoms. The molecule has 1 aliphatic rings. The number of nitrogens with one attached hydrogen (secondary N) is 1. The lowest BCUT2D eigenvalue weighted by Crippen LogP contribution is -2.48. The number of nitrogens with zero attached hydrogens (tertiary/aromatic N) is 2. The molecule has 2 unspecified atom stereocenters. The van der Waals surface area contributed by atoms with Crippen LogP contribution >= 0.6 is 34.5 Å². The molecule has 1 N–H and O–H groups in total. The molecule has 0 amide bonds. The molecule has 1 aliphatic carbocycles. The predicted octanol–water partition coefficient (Wildman–Crippen LogP) is 5.88. The zero-order valence-corrected chi connectivity index (χ0v) is 29.4. The largest absolute Gasteiger partial charge is 0.619 e. The quantitative estimate of drug-likeness (QED) is 0.0972. The van der Waals surface area contributed by atoms with Gasteiger partial charge in [0.2, 0.25) is 0 Å². The molecule has 4 aromatic rings. The number of carbonyl (C=O) groups excluding carboxylic acids is 2. The van der Waals surface area contributed by atoms with Gasteiger partial charge < -0.3 is 29.1 Å². The Balaban J connectivity index is 1.36. The highest BCUT2D eigenvalue weighted by Gasteiger charge is 2.46. The van der Waals surface area contributed by atoms with Crippen LogP contribution in [0.25, 0.3) is 0 Å². The molecular formula is C35H37Cl2N3O7S. The van der Waals surface area contributed by atoms with Crippen LogP contribution in [0.4, 0.5) is 0 Å². The number of hydrogen-bond acceptors (Lipinski definition) is 10. The third-order valence-corrected chi connectivity index (χ3v) is 9.99. The molecule has 10 nitrogen and oxygen atoms in total. The van der Waals surface area contributed by atoms with E-state index in [4.69, 9.17) is 42.1 Å². The second-order valence-electron chi connectivity index (χ2n) is 11.6. The molecule has 5 rings (SSSR count). The third-order valence-electron chi connectivity index (χ3n) is 8.27. The van der Waals surface area contributed by atoms with Gasteiger partial charge in [0.15, 0.2) is 23.9 Å². The minimum atomic E-state index is -0.997. The zero-order valence-electron chi connectivity index (χ0n) is 27.1. The Hall–Kier alpha value is -3.87. The van der Waals surface area contributed by atoms with Gasteiger partial charge in [0, 0.05) is 30.0 Å². The van der Waals surface area contributed by atoms with E-state index in [1.54, 1.807) is 24.3 Å². The lowest BCUT2D eigenvalue weighted by molar-refractivity contribution is -0.605. The minimum absolute atomic E-state index is 0.0946. The topological polar surface area (TPSA) is 113 Å². The molecule has 0 saturated heterocycles. The molecule has 0 spiro atoms. The van der Waals surface area contributed by atoms with Crippen molar-refractivity contribution >= 4 is 46.5 Å². The van der Waals surface area contributed by atoms with Gasteiger partial charge in [-0.1, -0.05) is 53.5 Å². The Morgan fingerprint density at radius 3 is 2.48 bits per heavy atom. The van der Waals surface area contributed by atoms with E-state index in [0.29, 0.717) is 51.7 Å². The van der Waals surface area contributed by atoms with Gasteiger partial charge in [-0.05, 0) is 67.9 Å². The summed E-state index contributed by atoms with van der Waals surface area (Å²) in [7, 11) is 6.90. The number of aromatic nitrogens is 1. The summed E-state index contributed by atoms with van der Waals surface area (Å²) in [4.78, 5) is 30.4. The van der Waals surface area contributed by atoms with Crippen molar-refractivity contribution in [1.29, 1.82) is 0 Å². The molecule has 0 aliphatic heterocycles. The number of rotatable bonds is 14. The maximum absolute atomic E-state index is 13.6. The van der Waals surface area contributed by atoms with Crippen LogP contribution in [0.3, 0.4) is 0 Å². The summed E-state index contributed by atoms with van der Waals surface area (Å²) in [6.07, 6.45) is 2.96. The van der Waals surface area contributed by atoms with Gasteiger partial charge in [0.1, 0.15) is 33.2 Å². The summed E-state index contributed by atoms with van der Waals surface area (Å²) >= 11 is 14.1. The third kappa shape index (κ3) is 7.88. The van der Waals surface area contributed by atoms with Crippen molar-refractivity contribution in [2.24, 2.45) is 0 Å². The fourth-order valence-corrected chi connectivity index (χ4v) is 7.15. The summed E-state index contributed by atoms with van der Waals surface area (Å²) in [5, 5.41) is 15.6. The first-order chi connectivity index (χ1) is 23.0. The number of ether oxygens (including phenoxy) is 4. The number of hydrogen-bond donors (Lipinski definition) is 1. The van der Waals surface area contributed by atoms with Crippen molar-refractivity contribution in [3.05, 3.63) is 114 Å². The predicted molar refractivity (Wildman–Crippen MR) is 184 cm³/mol. The standard InChI is InChI=1S/C35H37Cl2N3O7S/c1-39(2)15-16-46-34(42)35(14-13-22-7-5-6-8-26(22)35)38-19-24-10-12-32(48-24)33(41)47-30(18-25-27(36)20-40(43)21-28(25)37)23-9-11-29(44-3)31(17-23)45-4/h5-12,17,20-21,30,38H,13-16,18-19H2,1-4H3. The van der Waals surface area contributed by atoms with Crippen LogP contribution in [0.15, 0.2) is 67.0 Å².